The van der Waals surface area contributed by atoms with Gasteiger partial charge in [0.15, 0.2) is 0 Å². The van der Waals surface area contributed by atoms with Crippen LogP contribution in [0, 0.1) is 5.92 Å². The number of carbonyl (C=O) groups excluding carboxylic acids is 1. The summed E-state index contributed by atoms with van der Waals surface area (Å²) in [7, 11) is 3.48. The van der Waals surface area contributed by atoms with Gasteiger partial charge in [-0.25, -0.2) is 0 Å². The third kappa shape index (κ3) is 4.30. The number of nitrogens with zero attached hydrogens (tertiary/aromatic N) is 3. The molecule has 7 heteroatoms. The maximum absolute atomic E-state index is 12.9. The molecule has 7 nitrogen and oxygen atoms in total. The summed E-state index contributed by atoms with van der Waals surface area (Å²) in [5.41, 5.74) is 3.34. The highest BCUT2D eigenvalue weighted by Crippen LogP contribution is 2.26. The molecule has 1 fully saturated rings. The summed E-state index contributed by atoms with van der Waals surface area (Å²) in [5.74, 6) is 1.86. The van der Waals surface area contributed by atoms with Crippen LogP contribution < -0.4 is 15.4 Å². The molecule has 2 aromatic heterocycles. The largest absolute Gasteiger partial charge is 0.496 e. The van der Waals surface area contributed by atoms with Crippen molar-refractivity contribution in [3.05, 3.63) is 59.9 Å². The molecule has 0 saturated carbocycles. The highest BCUT2D eigenvalue weighted by molar-refractivity contribution is 6.04. The molecule has 1 unspecified atom stereocenters. The molecular formula is C22H25N5O2. The van der Waals surface area contributed by atoms with Gasteiger partial charge in [0, 0.05) is 36.6 Å². The molecule has 3 heterocycles. The summed E-state index contributed by atoms with van der Waals surface area (Å²) in [5, 5.41) is 10.8. The van der Waals surface area contributed by atoms with Crippen molar-refractivity contribution < 1.29 is 9.53 Å². The Morgan fingerprint density at radius 2 is 2.24 bits per heavy atom. The summed E-state index contributed by atoms with van der Waals surface area (Å²) in [6, 6.07) is 11.3. The number of amides is 1. The number of benzene rings is 1. The van der Waals surface area contributed by atoms with Gasteiger partial charge in [0.1, 0.15) is 11.6 Å². The zero-order valence-electron chi connectivity index (χ0n) is 16.7. The predicted molar refractivity (Wildman–Crippen MR) is 112 cm³/mol. The van der Waals surface area contributed by atoms with E-state index in [0.717, 1.165) is 48.5 Å². The highest BCUT2D eigenvalue weighted by atomic mass is 16.5. The second-order valence-corrected chi connectivity index (χ2v) is 7.32. The molecule has 29 heavy (non-hydrogen) atoms. The first-order valence-electron chi connectivity index (χ1n) is 9.77. The minimum absolute atomic E-state index is 0.167. The minimum Gasteiger partial charge on any atom is -0.496 e. The Morgan fingerprint density at radius 1 is 1.34 bits per heavy atom. The highest BCUT2D eigenvalue weighted by Gasteiger charge is 2.19. The Bertz CT molecular complexity index is 994. The number of aryl methyl sites for hydroxylation is 1. The van der Waals surface area contributed by atoms with Gasteiger partial charge < -0.3 is 15.4 Å². The zero-order chi connectivity index (χ0) is 20.2. The molecule has 0 radical (unpaired) electrons. The van der Waals surface area contributed by atoms with Crippen molar-refractivity contribution in [1.82, 2.24) is 20.1 Å². The van der Waals surface area contributed by atoms with E-state index >= 15 is 0 Å². The van der Waals surface area contributed by atoms with Crippen molar-refractivity contribution in [3.8, 4) is 17.0 Å². The van der Waals surface area contributed by atoms with Gasteiger partial charge in [0.25, 0.3) is 5.91 Å². The third-order valence-electron chi connectivity index (χ3n) is 5.29. The van der Waals surface area contributed by atoms with E-state index in [1.165, 1.54) is 0 Å². The second kappa shape index (κ2) is 8.45. The smallest absolute Gasteiger partial charge is 0.256 e. The molecular weight excluding hydrogens is 366 g/mol. The topological polar surface area (TPSA) is 81.1 Å². The molecule has 1 atom stereocenters. The molecule has 1 aliphatic heterocycles. The molecule has 2 N–H and O–H groups in total. The molecule has 0 spiro atoms. The fourth-order valence-electron chi connectivity index (χ4n) is 3.71. The van der Waals surface area contributed by atoms with E-state index in [4.69, 9.17) is 4.74 Å². The van der Waals surface area contributed by atoms with Gasteiger partial charge in [-0.2, -0.15) is 5.10 Å². The summed E-state index contributed by atoms with van der Waals surface area (Å²) >= 11 is 0. The molecule has 0 aliphatic carbocycles. The Balaban J connectivity index is 1.53. The lowest BCUT2D eigenvalue weighted by Crippen LogP contribution is -2.16. The predicted octanol–water partition coefficient (Wildman–Crippen LogP) is 2.90. The normalized spacial score (nSPS) is 16.0. The van der Waals surface area contributed by atoms with Gasteiger partial charge in [0.2, 0.25) is 0 Å². The Hall–Kier alpha value is -3.19. The van der Waals surface area contributed by atoms with Crippen molar-refractivity contribution in [2.45, 2.75) is 12.8 Å². The summed E-state index contributed by atoms with van der Waals surface area (Å²) < 4.78 is 7.17. The quantitative estimate of drug-likeness (QED) is 0.675. The van der Waals surface area contributed by atoms with E-state index in [0.29, 0.717) is 17.3 Å². The third-order valence-corrected chi connectivity index (χ3v) is 5.29. The van der Waals surface area contributed by atoms with Crippen LogP contribution in [0.5, 0.6) is 5.75 Å². The average Bonchev–Trinajstić information content (AvgIpc) is 3.38. The van der Waals surface area contributed by atoms with E-state index in [2.05, 4.69) is 20.7 Å². The number of ether oxygens (including phenoxy) is 1. The summed E-state index contributed by atoms with van der Waals surface area (Å²) in [6.45, 7) is 2.05. The van der Waals surface area contributed by atoms with Crippen LogP contribution in [0.4, 0.5) is 5.82 Å². The first kappa shape index (κ1) is 19.1. The van der Waals surface area contributed by atoms with Crippen LogP contribution in [0.3, 0.4) is 0 Å². The van der Waals surface area contributed by atoms with E-state index in [1.807, 2.05) is 37.4 Å². The lowest BCUT2D eigenvalue weighted by Gasteiger charge is -2.14. The van der Waals surface area contributed by atoms with E-state index in [-0.39, 0.29) is 5.91 Å². The summed E-state index contributed by atoms with van der Waals surface area (Å²) in [6.07, 6.45) is 5.51. The first-order chi connectivity index (χ1) is 14.1. The van der Waals surface area contributed by atoms with Gasteiger partial charge >= 0.3 is 0 Å². The van der Waals surface area contributed by atoms with Gasteiger partial charge in [-0.05, 0) is 67.7 Å². The van der Waals surface area contributed by atoms with Crippen LogP contribution in [0.1, 0.15) is 22.3 Å². The van der Waals surface area contributed by atoms with Crippen LogP contribution >= 0.6 is 0 Å². The molecule has 1 aromatic carbocycles. The lowest BCUT2D eigenvalue weighted by molar-refractivity contribution is 0.102. The fraction of sp³-hybridized carbons (Fsp3) is 0.318. The maximum atomic E-state index is 12.9. The van der Waals surface area contributed by atoms with Gasteiger partial charge in [0.05, 0.1) is 12.8 Å². The van der Waals surface area contributed by atoms with Gasteiger partial charge in [-0.15, -0.1) is 0 Å². The molecule has 4 rings (SSSR count). The average molecular weight is 391 g/mol. The second-order valence-electron chi connectivity index (χ2n) is 7.32. The lowest BCUT2D eigenvalue weighted by atomic mass is 9.96. The number of hydrogen-bond acceptors (Lipinski definition) is 5. The number of pyridine rings is 1. The SMILES string of the molecule is COc1ccc(C(=O)Nc2cc(-c3cccnc3)nn2C)cc1CC1CCNC1. The Labute approximate surface area is 170 Å². The molecule has 1 aliphatic rings. The number of aromatic nitrogens is 3. The van der Waals surface area contributed by atoms with Crippen LogP contribution in [0.25, 0.3) is 11.3 Å². The van der Waals surface area contributed by atoms with Crippen LogP contribution in [-0.4, -0.2) is 40.9 Å². The van der Waals surface area contributed by atoms with E-state index in [9.17, 15) is 4.79 Å². The summed E-state index contributed by atoms with van der Waals surface area (Å²) in [4.78, 5) is 17.0. The number of rotatable bonds is 6. The number of nitrogens with one attached hydrogen (secondary N) is 2. The van der Waals surface area contributed by atoms with Crippen molar-refractivity contribution in [2.24, 2.45) is 13.0 Å². The Morgan fingerprint density at radius 3 is 2.97 bits per heavy atom. The molecule has 1 saturated heterocycles. The Kier molecular flexibility index (Phi) is 5.57. The zero-order valence-corrected chi connectivity index (χ0v) is 16.7. The van der Waals surface area contributed by atoms with Gasteiger partial charge in [-0.3, -0.25) is 14.5 Å². The maximum Gasteiger partial charge on any atom is 0.256 e. The number of hydrogen-bond donors (Lipinski definition) is 2. The fourth-order valence-corrected chi connectivity index (χ4v) is 3.71. The van der Waals surface area contributed by atoms with Crippen molar-refractivity contribution >= 4 is 11.7 Å². The molecule has 150 valence electrons. The van der Waals surface area contributed by atoms with Crippen LogP contribution in [0.2, 0.25) is 0 Å². The van der Waals surface area contributed by atoms with Crippen molar-refractivity contribution in [2.75, 3.05) is 25.5 Å². The number of anilines is 1. The van der Waals surface area contributed by atoms with E-state index < -0.39 is 0 Å². The molecule has 3 aromatic rings. The van der Waals surface area contributed by atoms with Crippen molar-refractivity contribution in [1.29, 1.82) is 0 Å². The number of carbonyl (C=O) groups is 1. The number of methoxy groups -OCH3 is 1. The van der Waals surface area contributed by atoms with Crippen LogP contribution in [0.15, 0.2) is 48.8 Å². The molecule has 0 bridgehead atoms. The molecule has 1 amide bonds. The standard InChI is InChI=1S/C22H25N5O2/c1-27-21(12-19(26-27)17-4-3-8-23-14-17)25-22(28)16-5-6-20(29-2)18(11-16)10-15-7-9-24-13-15/h3-6,8,11-12,14-15,24H,7,9-10,13H2,1-2H3,(H,25,28). The monoisotopic (exact) mass is 391 g/mol. The van der Waals surface area contributed by atoms with Gasteiger partial charge in [-0.1, -0.05) is 0 Å². The first-order valence-corrected chi connectivity index (χ1v) is 9.77. The van der Waals surface area contributed by atoms with E-state index in [1.54, 1.807) is 30.3 Å². The minimum atomic E-state index is -0.167. The van der Waals surface area contributed by atoms with Crippen LogP contribution in [-0.2, 0) is 13.5 Å². The van der Waals surface area contributed by atoms with Crippen molar-refractivity contribution in [3.63, 3.8) is 0 Å².